The summed E-state index contributed by atoms with van der Waals surface area (Å²) in [6, 6.07) is 3.63. The number of alkyl halides is 1. The number of carbonyl (C=O) groups is 1. The van der Waals surface area contributed by atoms with Crippen molar-refractivity contribution in [2.24, 2.45) is 0 Å². The Morgan fingerprint density at radius 1 is 1.43 bits per heavy atom. The molecule has 76 valence electrons. The van der Waals surface area contributed by atoms with E-state index in [1.807, 2.05) is 0 Å². The monoisotopic (exact) mass is 262 g/mol. The van der Waals surface area contributed by atoms with Gasteiger partial charge in [-0.15, -0.1) is 0 Å². The van der Waals surface area contributed by atoms with Gasteiger partial charge in [0, 0.05) is 0 Å². The summed E-state index contributed by atoms with van der Waals surface area (Å²) in [5.41, 5.74) is 0.598. The predicted molar refractivity (Wildman–Crippen MR) is 53.5 cm³/mol. The van der Waals surface area contributed by atoms with E-state index in [-0.39, 0.29) is 10.6 Å². The summed E-state index contributed by atoms with van der Waals surface area (Å²) in [5.74, 6) is -1.79. The maximum atomic E-state index is 12.8. The van der Waals surface area contributed by atoms with Gasteiger partial charge in [0.05, 0.1) is 4.83 Å². The van der Waals surface area contributed by atoms with Gasteiger partial charge < -0.3 is 0 Å². The molecule has 1 aromatic carbocycles. The highest BCUT2D eigenvalue weighted by Crippen LogP contribution is 2.14. The second-order valence-corrected chi connectivity index (χ2v) is 4.14. The molecule has 0 bridgehead atoms. The average molecular weight is 263 g/mol. The first-order valence-corrected chi connectivity index (χ1v) is 5.00. The molecule has 0 radical (unpaired) electrons. The van der Waals surface area contributed by atoms with Crippen LogP contribution in [0.5, 0.6) is 0 Å². The number of benzene rings is 1. The molecule has 0 spiro atoms. The molecule has 14 heavy (non-hydrogen) atoms. The smallest absolute Gasteiger partial charge is 0.159 e. The Hall–Kier alpha value is -0.770. The van der Waals surface area contributed by atoms with Gasteiger partial charge in [-0.2, -0.15) is 0 Å². The van der Waals surface area contributed by atoms with E-state index in [9.17, 15) is 13.6 Å². The molecule has 1 aromatic rings. The molecule has 0 N–H and O–H groups in total. The average Bonchev–Trinajstić information content (AvgIpc) is 2.11. The summed E-state index contributed by atoms with van der Waals surface area (Å²) in [7, 11) is 0. The first-order valence-electron chi connectivity index (χ1n) is 4.09. The summed E-state index contributed by atoms with van der Waals surface area (Å²) < 4.78 is 25.3. The van der Waals surface area contributed by atoms with Crippen molar-refractivity contribution in [1.29, 1.82) is 0 Å². The van der Waals surface area contributed by atoms with Gasteiger partial charge in [-0.25, -0.2) is 8.78 Å². The third kappa shape index (κ3) is 2.87. The number of hydrogen-bond acceptors (Lipinski definition) is 1. The van der Waals surface area contributed by atoms with E-state index >= 15 is 0 Å². The van der Waals surface area contributed by atoms with Gasteiger partial charge in [-0.1, -0.05) is 22.0 Å². The highest BCUT2D eigenvalue weighted by Gasteiger charge is 2.11. The van der Waals surface area contributed by atoms with Crippen LogP contribution in [0.4, 0.5) is 8.78 Å². The second kappa shape index (κ2) is 4.64. The van der Waals surface area contributed by atoms with Gasteiger partial charge in [-0.3, -0.25) is 4.79 Å². The Labute approximate surface area is 89.3 Å². The fourth-order valence-electron chi connectivity index (χ4n) is 1.02. The molecule has 1 unspecified atom stereocenters. The molecule has 4 heteroatoms. The first kappa shape index (κ1) is 11.3. The van der Waals surface area contributed by atoms with Gasteiger partial charge in [0.1, 0.15) is 5.78 Å². The predicted octanol–water partition coefficient (Wildman–Crippen LogP) is 2.86. The van der Waals surface area contributed by atoms with Crippen LogP contribution < -0.4 is 0 Å². The fraction of sp³-hybridized carbons (Fsp3) is 0.300. The largest absolute Gasteiger partial charge is 0.299 e. The van der Waals surface area contributed by atoms with E-state index < -0.39 is 11.6 Å². The van der Waals surface area contributed by atoms with Gasteiger partial charge in [0.15, 0.2) is 11.6 Å². The minimum atomic E-state index is -0.884. The van der Waals surface area contributed by atoms with Crippen LogP contribution in [0, 0.1) is 11.6 Å². The summed E-state index contributed by atoms with van der Waals surface area (Å²) >= 11 is 3.16. The quantitative estimate of drug-likeness (QED) is 0.766. The van der Waals surface area contributed by atoms with Crippen molar-refractivity contribution in [3.8, 4) is 0 Å². The maximum absolute atomic E-state index is 12.8. The number of hydrogen-bond donors (Lipinski definition) is 0. The van der Waals surface area contributed by atoms with E-state index in [4.69, 9.17) is 0 Å². The molecule has 0 fully saturated rings. The molecule has 0 aliphatic rings. The van der Waals surface area contributed by atoms with Gasteiger partial charge in [-0.05, 0) is 31.0 Å². The normalized spacial score (nSPS) is 12.6. The first-order chi connectivity index (χ1) is 6.50. The van der Waals surface area contributed by atoms with Crippen LogP contribution in [0.25, 0.3) is 0 Å². The van der Waals surface area contributed by atoms with Crippen molar-refractivity contribution < 1.29 is 13.6 Å². The van der Waals surface area contributed by atoms with E-state index in [0.29, 0.717) is 12.0 Å². The third-order valence-electron chi connectivity index (χ3n) is 1.84. The van der Waals surface area contributed by atoms with Crippen LogP contribution >= 0.6 is 15.9 Å². The molecule has 0 saturated heterocycles. The number of rotatable bonds is 3. The van der Waals surface area contributed by atoms with Gasteiger partial charge in [0.2, 0.25) is 0 Å². The standard InChI is InChI=1S/C10H9BrF2O/c1-6(14)8(11)4-7-2-3-9(12)10(13)5-7/h2-3,5,8H,4H2,1H3. The Kier molecular flexibility index (Phi) is 3.75. The second-order valence-electron chi connectivity index (χ2n) is 3.03. The van der Waals surface area contributed by atoms with Crippen molar-refractivity contribution in [1.82, 2.24) is 0 Å². The summed E-state index contributed by atoms with van der Waals surface area (Å²) in [5, 5.41) is 0. The SMILES string of the molecule is CC(=O)C(Br)Cc1ccc(F)c(F)c1. The molecule has 0 aliphatic heterocycles. The molecular weight excluding hydrogens is 254 g/mol. The molecule has 1 atom stereocenters. The van der Waals surface area contributed by atoms with Crippen molar-refractivity contribution in [2.45, 2.75) is 18.2 Å². The molecule has 0 aromatic heterocycles. The minimum Gasteiger partial charge on any atom is -0.299 e. The molecule has 0 heterocycles. The Morgan fingerprint density at radius 2 is 2.07 bits per heavy atom. The summed E-state index contributed by atoms with van der Waals surface area (Å²) in [6.07, 6.45) is 0.368. The Balaban J connectivity index is 2.78. The Morgan fingerprint density at radius 3 is 2.57 bits per heavy atom. The van der Waals surface area contributed by atoms with E-state index in [0.717, 1.165) is 12.1 Å². The van der Waals surface area contributed by atoms with Crippen LogP contribution in [0.2, 0.25) is 0 Å². The molecular formula is C10H9BrF2O. The number of Topliss-reactive ketones (excluding diaryl/α,β-unsaturated/α-hetero) is 1. The molecule has 1 rings (SSSR count). The van der Waals surface area contributed by atoms with Crippen molar-refractivity contribution in [2.75, 3.05) is 0 Å². The van der Waals surface area contributed by atoms with Crippen molar-refractivity contribution in [3.05, 3.63) is 35.4 Å². The highest BCUT2D eigenvalue weighted by molar-refractivity contribution is 9.10. The zero-order chi connectivity index (χ0) is 10.7. The minimum absolute atomic E-state index is 0.0327. The van der Waals surface area contributed by atoms with Crippen LogP contribution in [-0.4, -0.2) is 10.6 Å². The number of carbonyl (C=O) groups excluding carboxylic acids is 1. The maximum Gasteiger partial charge on any atom is 0.159 e. The molecule has 0 saturated carbocycles. The third-order valence-corrected chi connectivity index (χ3v) is 2.81. The molecule has 1 nitrogen and oxygen atoms in total. The molecule has 0 aliphatic carbocycles. The number of ketones is 1. The van der Waals surface area contributed by atoms with E-state index in [1.54, 1.807) is 0 Å². The van der Waals surface area contributed by atoms with Crippen molar-refractivity contribution in [3.63, 3.8) is 0 Å². The highest BCUT2D eigenvalue weighted by atomic mass is 79.9. The van der Waals surface area contributed by atoms with Crippen LogP contribution in [-0.2, 0) is 11.2 Å². The topological polar surface area (TPSA) is 17.1 Å². The lowest BCUT2D eigenvalue weighted by atomic mass is 10.1. The lowest BCUT2D eigenvalue weighted by Gasteiger charge is -2.05. The van der Waals surface area contributed by atoms with Crippen LogP contribution in [0.15, 0.2) is 18.2 Å². The summed E-state index contributed by atoms with van der Waals surface area (Å²) in [6.45, 7) is 1.44. The lowest BCUT2D eigenvalue weighted by molar-refractivity contribution is -0.116. The van der Waals surface area contributed by atoms with Crippen molar-refractivity contribution >= 4 is 21.7 Å². The van der Waals surface area contributed by atoms with Crippen LogP contribution in [0.1, 0.15) is 12.5 Å². The van der Waals surface area contributed by atoms with Gasteiger partial charge >= 0.3 is 0 Å². The number of halogens is 3. The zero-order valence-corrected chi connectivity index (χ0v) is 9.14. The summed E-state index contributed by atoms with van der Waals surface area (Å²) in [4.78, 5) is 10.5. The van der Waals surface area contributed by atoms with E-state index in [1.165, 1.54) is 13.0 Å². The lowest BCUT2D eigenvalue weighted by Crippen LogP contribution is -2.12. The van der Waals surface area contributed by atoms with Crippen LogP contribution in [0.3, 0.4) is 0 Å². The zero-order valence-electron chi connectivity index (χ0n) is 7.56. The van der Waals surface area contributed by atoms with E-state index in [2.05, 4.69) is 15.9 Å². The fourth-order valence-corrected chi connectivity index (χ4v) is 1.39. The van der Waals surface area contributed by atoms with Gasteiger partial charge in [0.25, 0.3) is 0 Å². The molecule has 0 amide bonds. The Bertz CT molecular complexity index is 352.